The second kappa shape index (κ2) is 13.7. The topological polar surface area (TPSA) is 3.24 Å². The summed E-state index contributed by atoms with van der Waals surface area (Å²) < 4.78 is 0. The Labute approximate surface area is 332 Å². The van der Waals surface area contributed by atoms with E-state index in [1.54, 1.807) is 0 Å². The normalized spacial score (nSPS) is 11.5. The Bertz CT molecular complexity index is 3280. The Morgan fingerprint density at radius 2 is 0.754 bits per heavy atom. The quantitative estimate of drug-likeness (QED) is 0.154. The van der Waals surface area contributed by atoms with Gasteiger partial charge in [0, 0.05) is 16.8 Å². The van der Waals surface area contributed by atoms with Gasteiger partial charge in [-0.3, -0.25) is 0 Å². The van der Waals surface area contributed by atoms with Crippen LogP contribution in [-0.4, -0.2) is 0 Å². The van der Waals surface area contributed by atoms with Crippen LogP contribution < -0.4 is 4.90 Å². The summed E-state index contributed by atoms with van der Waals surface area (Å²) >= 11 is 0. The van der Waals surface area contributed by atoms with Gasteiger partial charge in [0.25, 0.3) is 0 Å². The van der Waals surface area contributed by atoms with E-state index in [2.05, 4.69) is 229 Å². The molecule has 0 saturated heterocycles. The summed E-state index contributed by atoms with van der Waals surface area (Å²) in [6, 6.07) is 82.1. The molecule has 0 fully saturated rings. The van der Waals surface area contributed by atoms with Crippen molar-refractivity contribution in [3.05, 3.63) is 224 Å². The summed E-state index contributed by atoms with van der Waals surface area (Å²) in [4.78, 5) is 2.44. The van der Waals surface area contributed by atoms with E-state index in [9.17, 15) is 0 Å². The molecule has 0 heterocycles. The predicted molar refractivity (Wildman–Crippen MR) is 245 cm³/mol. The third-order valence-corrected chi connectivity index (χ3v) is 11.6. The molecule has 0 spiro atoms. The van der Waals surface area contributed by atoms with Crippen molar-refractivity contribution >= 4 is 70.9 Å². The average molecular weight is 724 g/mol. The molecule has 11 rings (SSSR count). The van der Waals surface area contributed by atoms with E-state index < -0.39 is 0 Å². The van der Waals surface area contributed by atoms with Crippen LogP contribution in [0, 0.1) is 0 Å². The van der Waals surface area contributed by atoms with Crippen LogP contribution >= 0.6 is 0 Å². The summed E-state index contributed by atoms with van der Waals surface area (Å²) in [6.07, 6.45) is 0. The fourth-order valence-corrected chi connectivity index (χ4v) is 8.97. The molecule has 0 saturated carbocycles. The van der Waals surface area contributed by atoms with E-state index in [-0.39, 0.29) is 0 Å². The predicted octanol–water partition coefficient (Wildman–Crippen LogP) is 15.9. The highest BCUT2D eigenvalue weighted by atomic mass is 15.1. The zero-order valence-electron chi connectivity index (χ0n) is 31.3. The molecule has 0 aromatic heterocycles. The minimum atomic E-state index is 1.10. The van der Waals surface area contributed by atoms with Crippen LogP contribution in [0.25, 0.3) is 87.2 Å². The van der Waals surface area contributed by atoms with Gasteiger partial charge in [-0.2, -0.15) is 0 Å². The Balaban J connectivity index is 1.11. The van der Waals surface area contributed by atoms with Crippen molar-refractivity contribution in [2.24, 2.45) is 0 Å². The molecule has 0 radical (unpaired) electrons. The van der Waals surface area contributed by atoms with Crippen LogP contribution in [0.15, 0.2) is 224 Å². The van der Waals surface area contributed by atoms with E-state index >= 15 is 0 Å². The summed E-state index contributed by atoms with van der Waals surface area (Å²) in [5.74, 6) is 0. The number of hydrogen-bond donors (Lipinski definition) is 0. The number of benzene rings is 11. The van der Waals surface area contributed by atoms with Gasteiger partial charge in [-0.15, -0.1) is 0 Å². The molecule has 0 unspecified atom stereocenters. The first kappa shape index (κ1) is 32.9. The van der Waals surface area contributed by atoms with Gasteiger partial charge >= 0.3 is 0 Å². The number of fused-ring (bicyclic) bond motifs is 6. The molecule has 11 aromatic carbocycles. The fourth-order valence-electron chi connectivity index (χ4n) is 8.97. The van der Waals surface area contributed by atoms with Gasteiger partial charge in [-0.25, -0.2) is 0 Å². The third kappa shape index (κ3) is 5.63. The largest absolute Gasteiger partial charge is 0.310 e. The summed E-state index contributed by atoms with van der Waals surface area (Å²) in [6.45, 7) is 0. The molecule has 57 heavy (non-hydrogen) atoms. The number of anilines is 3. The van der Waals surface area contributed by atoms with Gasteiger partial charge in [-0.1, -0.05) is 194 Å². The first-order valence-corrected chi connectivity index (χ1v) is 19.7. The van der Waals surface area contributed by atoms with Crippen molar-refractivity contribution < 1.29 is 0 Å². The molecule has 11 aromatic rings. The molecule has 0 aliphatic heterocycles. The smallest absolute Gasteiger partial charge is 0.0540 e. The molecule has 266 valence electrons. The van der Waals surface area contributed by atoms with Crippen molar-refractivity contribution in [3.63, 3.8) is 0 Å². The lowest BCUT2D eigenvalue weighted by Gasteiger charge is -2.28. The van der Waals surface area contributed by atoms with Gasteiger partial charge < -0.3 is 4.90 Å². The van der Waals surface area contributed by atoms with Crippen LogP contribution in [0.1, 0.15) is 0 Å². The average Bonchev–Trinajstić information content (AvgIpc) is 3.29. The maximum atomic E-state index is 2.44. The van der Waals surface area contributed by atoms with Crippen molar-refractivity contribution in [2.75, 3.05) is 4.90 Å². The van der Waals surface area contributed by atoms with E-state index in [0.29, 0.717) is 0 Å². The molecule has 1 nitrogen and oxygen atoms in total. The monoisotopic (exact) mass is 723 g/mol. The van der Waals surface area contributed by atoms with Crippen molar-refractivity contribution in [1.29, 1.82) is 0 Å². The summed E-state index contributed by atoms with van der Waals surface area (Å²) in [5.41, 5.74) is 10.7. The first-order chi connectivity index (χ1) is 28.3. The van der Waals surface area contributed by atoms with Crippen molar-refractivity contribution in [3.8, 4) is 33.4 Å². The van der Waals surface area contributed by atoms with E-state index in [1.807, 2.05) is 0 Å². The number of hydrogen-bond acceptors (Lipinski definition) is 1. The highest BCUT2D eigenvalue weighted by Gasteiger charge is 2.19. The van der Waals surface area contributed by atoms with Crippen molar-refractivity contribution in [2.45, 2.75) is 0 Å². The highest BCUT2D eigenvalue weighted by Crippen LogP contribution is 2.45. The number of rotatable bonds is 6. The third-order valence-electron chi connectivity index (χ3n) is 11.6. The minimum Gasteiger partial charge on any atom is -0.310 e. The minimum absolute atomic E-state index is 1.10. The van der Waals surface area contributed by atoms with Gasteiger partial charge in [0.2, 0.25) is 0 Å². The second-order valence-electron chi connectivity index (χ2n) is 14.9. The second-order valence-corrected chi connectivity index (χ2v) is 14.9. The SMILES string of the molecule is c1ccc(-c2cccc3cccc(-c4ccc(N(c5ccc6c(ccc7ccccc76)c5)c5ccc(-c6cccc7ccccc67)c6ccccc56)cc4)c23)cc1. The Hall–Kier alpha value is -7.48. The highest BCUT2D eigenvalue weighted by molar-refractivity contribution is 6.12. The van der Waals surface area contributed by atoms with Crippen LogP contribution in [-0.2, 0) is 0 Å². The maximum absolute atomic E-state index is 2.44. The lowest BCUT2D eigenvalue weighted by Crippen LogP contribution is -2.10. The van der Waals surface area contributed by atoms with Crippen LogP contribution in [0.4, 0.5) is 17.1 Å². The van der Waals surface area contributed by atoms with Crippen LogP contribution in [0.2, 0.25) is 0 Å². The van der Waals surface area contributed by atoms with Crippen molar-refractivity contribution in [1.82, 2.24) is 0 Å². The zero-order valence-corrected chi connectivity index (χ0v) is 31.3. The number of nitrogens with zero attached hydrogens (tertiary/aromatic N) is 1. The molecule has 0 N–H and O–H groups in total. The first-order valence-electron chi connectivity index (χ1n) is 19.7. The molecular formula is C56H37N. The summed E-state index contributed by atoms with van der Waals surface area (Å²) in [5, 5.41) is 12.4. The van der Waals surface area contributed by atoms with E-state index in [1.165, 1.54) is 87.2 Å². The van der Waals surface area contributed by atoms with Crippen LogP contribution in [0.5, 0.6) is 0 Å². The van der Waals surface area contributed by atoms with Gasteiger partial charge in [0.15, 0.2) is 0 Å². The lowest BCUT2D eigenvalue weighted by molar-refractivity contribution is 1.30. The van der Waals surface area contributed by atoms with Gasteiger partial charge in [-0.05, 0) is 112 Å². The molecule has 0 aliphatic carbocycles. The molecule has 0 aliphatic rings. The maximum Gasteiger partial charge on any atom is 0.0540 e. The van der Waals surface area contributed by atoms with E-state index in [0.717, 1.165) is 17.1 Å². The molecule has 0 bridgehead atoms. The van der Waals surface area contributed by atoms with E-state index in [4.69, 9.17) is 0 Å². The molecule has 0 atom stereocenters. The molecule has 0 amide bonds. The van der Waals surface area contributed by atoms with Gasteiger partial charge in [0.05, 0.1) is 5.69 Å². The Morgan fingerprint density at radius 1 is 0.246 bits per heavy atom. The Morgan fingerprint density at radius 3 is 1.51 bits per heavy atom. The fraction of sp³-hybridized carbons (Fsp3) is 0. The Kier molecular flexibility index (Phi) is 7.89. The zero-order chi connectivity index (χ0) is 37.7. The molecular weight excluding hydrogens is 687 g/mol. The van der Waals surface area contributed by atoms with Crippen LogP contribution in [0.3, 0.4) is 0 Å². The van der Waals surface area contributed by atoms with Gasteiger partial charge in [0.1, 0.15) is 0 Å². The lowest BCUT2D eigenvalue weighted by atomic mass is 9.91. The standard InChI is InChI=1S/C56H37N/c1-2-13-39(14-3-1)49-24-11-18-42-19-12-25-50(56(42)49)41-29-31-44(32-30-41)57(45-33-34-48-43(37-45)28-27-40-16-5-6-20-46(40)48)55-36-35-53(52-22-8-9-23-54(52)55)51-26-10-17-38-15-4-7-21-47(38)51/h1-37H. The molecule has 1 heteroatoms. The summed E-state index contributed by atoms with van der Waals surface area (Å²) in [7, 11) is 0.